The summed E-state index contributed by atoms with van der Waals surface area (Å²) in [4.78, 5) is 22.7. The minimum atomic E-state index is -1.30. The molecule has 0 heterocycles. The fourth-order valence-corrected chi connectivity index (χ4v) is 2.76. The van der Waals surface area contributed by atoms with Crippen molar-refractivity contribution >= 4 is 46.0 Å². The molecule has 2 aromatic carbocycles. The third-order valence-electron chi connectivity index (χ3n) is 2.45. The molecule has 0 saturated carbocycles. The fraction of sp³-hybridized carbons (Fsp3) is 0. The number of hydrogen-bond acceptors (Lipinski definition) is 4. The molecule has 1 N–H and O–H groups in total. The van der Waals surface area contributed by atoms with Gasteiger partial charge in [0.2, 0.25) is 0 Å². The average Bonchev–Trinajstić information content (AvgIpc) is 2.41. The Morgan fingerprint density at radius 1 is 1.15 bits per heavy atom. The Morgan fingerprint density at radius 2 is 1.75 bits per heavy atom. The van der Waals surface area contributed by atoms with Crippen LogP contribution in [0.25, 0.3) is 0 Å². The highest BCUT2D eigenvalue weighted by molar-refractivity contribution is 14.1. The Bertz CT molecular complexity index is 673. The summed E-state index contributed by atoms with van der Waals surface area (Å²) in [5.74, 6) is -1.30. The molecule has 7 heteroatoms. The van der Waals surface area contributed by atoms with E-state index in [9.17, 15) is 14.9 Å². The van der Waals surface area contributed by atoms with E-state index in [1.54, 1.807) is 6.07 Å². The Balaban J connectivity index is 2.34. The molecule has 0 bridgehead atoms. The lowest BCUT2D eigenvalue weighted by atomic mass is 10.2. The molecule has 5 nitrogen and oxygen atoms in total. The maximum absolute atomic E-state index is 10.9. The number of benzene rings is 2. The molecule has 0 radical (unpaired) electrons. The molecule has 0 aromatic heterocycles. The largest absolute Gasteiger partial charge is 0.477 e. The van der Waals surface area contributed by atoms with Crippen LogP contribution in [0.3, 0.4) is 0 Å². The molecule has 0 aliphatic heterocycles. The SMILES string of the molecule is O=C(O)c1ccc(Sc2ccc(I)cc2)cc1[N+](=O)[O-]. The Kier molecular flexibility index (Phi) is 4.61. The second-order valence-corrected chi connectivity index (χ2v) is 6.19. The molecule has 2 aromatic rings. The number of carbonyl (C=O) groups is 1. The maximum Gasteiger partial charge on any atom is 0.342 e. The second kappa shape index (κ2) is 6.23. The molecule has 0 fully saturated rings. The average molecular weight is 401 g/mol. The topological polar surface area (TPSA) is 80.4 Å². The van der Waals surface area contributed by atoms with Gasteiger partial charge in [0.25, 0.3) is 5.69 Å². The van der Waals surface area contributed by atoms with Gasteiger partial charge in [-0.1, -0.05) is 11.8 Å². The smallest absolute Gasteiger partial charge is 0.342 e. The van der Waals surface area contributed by atoms with Crippen molar-refractivity contribution in [1.82, 2.24) is 0 Å². The van der Waals surface area contributed by atoms with Crippen LogP contribution in [0.5, 0.6) is 0 Å². The predicted molar refractivity (Wildman–Crippen MR) is 83.3 cm³/mol. The summed E-state index contributed by atoms with van der Waals surface area (Å²) in [6.45, 7) is 0. The zero-order valence-corrected chi connectivity index (χ0v) is 12.9. The third-order valence-corrected chi connectivity index (χ3v) is 4.16. The van der Waals surface area contributed by atoms with Crippen molar-refractivity contribution in [3.8, 4) is 0 Å². The number of nitro groups is 1. The molecular formula is C13H8INO4S. The van der Waals surface area contributed by atoms with Crippen molar-refractivity contribution in [2.24, 2.45) is 0 Å². The maximum atomic E-state index is 10.9. The monoisotopic (exact) mass is 401 g/mol. The summed E-state index contributed by atoms with van der Waals surface area (Å²) in [6.07, 6.45) is 0. The van der Waals surface area contributed by atoms with Crippen molar-refractivity contribution in [3.05, 3.63) is 61.7 Å². The van der Waals surface area contributed by atoms with E-state index in [4.69, 9.17) is 5.11 Å². The first-order valence-corrected chi connectivity index (χ1v) is 7.32. The standard InChI is InChI=1S/C13H8INO4S/c14-8-1-3-9(4-2-8)20-10-5-6-11(13(16)17)12(7-10)15(18)19/h1-7H,(H,16,17). The van der Waals surface area contributed by atoms with Gasteiger partial charge in [0.1, 0.15) is 5.56 Å². The minimum absolute atomic E-state index is 0.304. The van der Waals surface area contributed by atoms with Gasteiger partial charge in [-0.3, -0.25) is 10.1 Å². The van der Waals surface area contributed by atoms with Crippen LogP contribution >= 0.6 is 34.4 Å². The number of aromatic carboxylic acids is 1. The number of nitro benzene ring substituents is 1. The van der Waals surface area contributed by atoms with Gasteiger partial charge in [0, 0.05) is 19.4 Å². The number of hydrogen-bond donors (Lipinski definition) is 1. The number of carboxylic acid groups (broad SMARTS) is 1. The van der Waals surface area contributed by atoms with Crippen molar-refractivity contribution in [3.63, 3.8) is 0 Å². The quantitative estimate of drug-likeness (QED) is 0.475. The summed E-state index contributed by atoms with van der Waals surface area (Å²) < 4.78 is 1.10. The van der Waals surface area contributed by atoms with Crippen LogP contribution in [0.1, 0.15) is 10.4 Å². The Labute approximate surface area is 132 Å². The van der Waals surface area contributed by atoms with Crippen LogP contribution in [-0.2, 0) is 0 Å². The van der Waals surface area contributed by atoms with Crippen molar-refractivity contribution < 1.29 is 14.8 Å². The van der Waals surface area contributed by atoms with Crippen LogP contribution in [-0.4, -0.2) is 16.0 Å². The van der Waals surface area contributed by atoms with Crippen molar-refractivity contribution in [2.45, 2.75) is 9.79 Å². The van der Waals surface area contributed by atoms with Gasteiger partial charge in [-0.15, -0.1) is 0 Å². The van der Waals surface area contributed by atoms with Gasteiger partial charge >= 0.3 is 5.97 Å². The number of nitrogens with zero attached hydrogens (tertiary/aromatic N) is 1. The van der Waals surface area contributed by atoms with E-state index < -0.39 is 16.6 Å². The summed E-state index contributed by atoms with van der Waals surface area (Å²) in [5.41, 5.74) is -0.699. The molecule has 102 valence electrons. The third kappa shape index (κ3) is 3.48. The van der Waals surface area contributed by atoms with Gasteiger partial charge in [-0.05, 0) is 59.0 Å². The molecule has 0 unspecified atom stereocenters. The van der Waals surface area contributed by atoms with E-state index in [-0.39, 0.29) is 5.56 Å². The Morgan fingerprint density at radius 3 is 2.30 bits per heavy atom. The first-order valence-electron chi connectivity index (χ1n) is 5.42. The molecule has 20 heavy (non-hydrogen) atoms. The van der Waals surface area contributed by atoms with Gasteiger partial charge in [-0.25, -0.2) is 4.79 Å². The Hall–Kier alpha value is -1.61. The fourth-order valence-electron chi connectivity index (χ4n) is 1.55. The van der Waals surface area contributed by atoms with Crippen LogP contribution in [0.2, 0.25) is 0 Å². The molecule has 0 atom stereocenters. The van der Waals surface area contributed by atoms with E-state index in [0.29, 0.717) is 4.90 Å². The molecule has 0 aliphatic carbocycles. The van der Waals surface area contributed by atoms with Gasteiger partial charge in [-0.2, -0.15) is 0 Å². The zero-order chi connectivity index (χ0) is 14.7. The molecule has 0 amide bonds. The van der Waals surface area contributed by atoms with Crippen LogP contribution in [0.4, 0.5) is 5.69 Å². The van der Waals surface area contributed by atoms with E-state index in [2.05, 4.69) is 22.6 Å². The number of halogens is 1. The van der Waals surface area contributed by atoms with E-state index in [1.807, 2.05) is 24.3 Å². The van der Waals surface area contributed by atoms with E-state index in [1.165, 1.54) is 23.9 Å². The highest BCUT2D eigenvalue weighted by atomic mass is 127. The summed E-state index contributed by atoms with van der Waals surface area (Å²) >= 11 is 3.54. The summed E-state index contributed by atoms with van der Waals surface area (Å²) in [7, 11) is 0. The molecule has 0 spiro atoms. The number of carboxylic acids is 1. The minimum Gasteiger partial charge on any atom is -0.477 e. The van der Waals surface area contributed by atoms with E-state index >= 15 is 0 Å². The van der Waals surface area contributed by atoms with E-state index in [0.717, 1.165) is 8.47 Å². The van der Waals surface area contributed by atoms with Gasteiger partial charge in [0.15, 0.2) is 0 Å². The molecule has 2 rings (SSSR count). The lowest BCUT2D eigenvalue weighted by Gasteiger charge is -2.04. The summed E-state index contributed by atoms with van der Waals surface area (Å²) in [5, 5.41) is 19.8. The number of rotatable bonds is 4. The predicted octanol–water partition coefficient (Wildman–Crippen LogP) is 4.05. The highest BCUT2D eigenvalue weighted by Gasteiger charge is 2.20. The van der Waals surface area contributed by atoms with Crippen LogP contribution in [0, 0.1) is 13.7 Å². The van der Waals surface area contributed by atoms with Gasteiger partial charge in [0.05, 0.1) is 4.92 Å². The summed E-state index contributed by atoms with van der Waals surface area (Å²) in [6, 6.07) is 11.8. The lowest BCUT2D eigenvalue weighted by molar-refractivity contribution is -0.385. The lowest BCUT2D eigenvalue weighted by Crippen LogP contribution is -2.02. The highest BCUT2D eigenvalue weighted by Crippen LogP contribution is 2.32. The van der Waals surface area contributed by atoms with Crippen molar-refractivity contribution in [2.75, 3.05) is 0 Å². The first-order chi connectivity index (χ1) is 9.47. The van der Waals surface area contributed by atoms with Gasteiger partial charge < -0.3 is 5.11 Å². The van der Waals surface area contributed by atoms with Crippen molar-refractivity contribution in [1.29, 1.82) is 0 Å². The van der Waals surface area contributed by atoms with Crippen LogP contribution < -0.4 is 0 Å². The molecular weight excluding hydrogens is 393 g/mol. The normalized spacial score (nSPS) is 10.2. The molecule has 0 aliphatic rings. The molecule has 0 saturated heterocycles. The van der Waals surface area contributed by atoms with Crippen LogP contribution in [0.15, 0.2) is 52.3 Å². The zero-order valence-electron chi connectivity index (χ0n) is 9.95. The first kappa shape index (κ1) is 14.8. The second-order valence-electron chi connectivity index (χ2n) is 3.80.